The van der Waals surface area contributed by atoms with Crippen molar-refractivity contribution in [3.05, 3.63) is 75.7 Å². The van der Waals surface area contributed by atoms with Crippen LogP contribution < -0.4 is 5.56 Å². The highest BCUT2D eigenvalue weighted by molar-refractivity contribution is 7.98. The molecule has 0 spiro atoms. The number of thioether (sulfide) groups is 1. The second-order valence-electron chi connectivity index (χ2n) is 7.09. The molecular weight excluding hydrogens is 400 g/mol. The summed E-state index contributed by atoms with van der Waals surface area (Å²) in [5, 5.41) is 13.8. The fraction of sp³-hybridized carbons (Fsp3) is 0.190. The Bertz CT molecular complexity index is 1470. The third-order valence-electron chi connectivity index (χ3n) is 4.88. The molecule has 0 unspecified atom stereocenters. The maximum Gasteiger partial charge on any atom is 0.267 e. The molecule has 0 radical (unpaired) electrons. The van der Waals surface area contributed by atoms with E-state index in [1.54, 1.807) is 11.5 Å². The average Bonchev–Trinajstić information content (AvgIpc) is 3.34. The number of para-hydroxylation sites is 1. The van der Waals surface area contributed by atoms with Gasteiger partial charge in [0.05, 0.1) is 22.3 Å². The van der Waals surface area contributed by atoms with Gasteiger partial charge in [0.15, 0.2) is 11.0 Å². The zero-order chi connectivity index (χ0) is 20.8. The molecule has 30 heavy (non-hydrogen) atoms. The summed E-state index contributed by atoms with van der Waals surface area (Å²) in [7, 11) is 0. The molecule has 0 saturated carbocycles. The number of fused-ring (bicyclic) bond motifs is 3. The van der Waals surface area contributed by atoms with Crippen LogP contribution in [-0.4, -0.2) is 29.3 Å². The Balaban J connectivity index is 1.75. The van der Waals surface area contributed by atoms with E-state index >= 15 is 0 Å². The molecule has 9 heteroatoms. The van der Waals surface area contributed by atoms with Crippen LogP contribution in [0.25, 0.3) is 22.4 Å². The van der Waals surface area contributed by atoms with Gasteiger partial charge in [-0.2, -0.15) is 4.98 Å². The van der Waals surface area contributed by atoms with Gasteiger partial charge in [-0.15, -0.1) is 10.2 Å². The molecule has 0 saturated heterocycles. The van der Waals surface area contributed by atoms with Crippen LogP contribution in [0.4, 0.5) is 0 Å². The minimum atomic E-state index is -0.124. The molecule has 5 rings (SSSR count). The molecule has 8 nitrogen and oxygen atoms in total. The number of aromatic nitrogens is 6. The van der Waals surface area contributed by atoms with E-state index in [9.17, 15) is 4.79 Å². The summed E-state index contributed by atoms with van der Waals surface area (Å²) in [5.41, 5.74) is 3.55. The summed E-state index contributed by atoms with van der Waals surface area (Å²) >= 11 is 1.43. The minimum absolute atomic E-state index is 0.124. The number of nitrogens with zero attached hydrogens (tertiary/aromatic N) is 6. The van der Waals surface area contributed by atoms with E-state index in [1.807, 2.05) is 54.6 Å². The van der Waals surface area contributed by atoms with Gasteiger partial charge in [0, 0.05) is 0 Å². The van der Waals surface area contributed by atoms with Gasteiger partial charge in [0.2, 0.25) is 11.7 Å². The molecule has 0 aliphatic rings. The standard InChI is InChI=1S/C21H18N6O2S/c1-12-8-9-16(13(2)10-12)26-19(28)15-6-4-5-7-17(15)27-20(26)23-24-21(27)30-11-18-22-14(3)25-29-18/h4-10H,11H2,1-3H3. The summed E-state index contributed by atoms with van der Waals surface area (Å²) in [6, 6.07) is 13.5. The van der Waals surface area contributed by atoms with E-state index in [0.717, 1.165) is 22.3 Å². The zero-order valence-electron chi connectivity index (χ0n) is 16.7. The second kappa shape index (κ2) is 7.10. The molecule has 0 aliphatic carbocycles. The van der Waals surface area contributed by atoms with Gasteiger partial charge >= 0.3 is 0 Å². The van der Waals surface area contributed by atoms with E-state index in [0.29, 0.717) is 33.8 Å². The van der Waals surface area contributed by atoms with Crippen LogP contribution in [-0.2, 0) is 5.75 Å². The lowest BCUT2D eigenvalue weighted by Gasteiger charge is -2.13. The molecule has 2 aromatic carbocycles. The molecular formula is C21H18N6O2S. The topological polar surface area (TPSA) is 91.1 Å². The highest BCUT2D eigenvalue weighted by atomic mass is 32.2. The fourth-order valence-electron chi connectivity index (χ4n) is 3.57. The van der Waals surface area contributed by atoms with Crippen molar-refractivity contribution in [3.8, 4) is 5.69 Å². The molecule has 0 aliphatic heterocycles. The van der Waals surface area contributed by atoms with E-state index in [-0.39, 0.29) is 5.56 Å². The van der Waals surface area contributed by atoms with Gasteiger partial charge in [-0.1, -0.05) is 46.7 Å². The van der Waals surface area contributed by atoms with Crippen molar-refractivity contribution in [2.75, 3.05) is 0 Å². The number of aryl methyl sites for hydroxylation is 3. The van der Waals surface area contributed by atoms with Gasteiger partial charge in [0.1, 0.15) is 0 Å². The molecule has 3 heterocycles. The Morgan fingerprint density at radius 2 is 1.90 bits per heavy atom. The monoisotopic (exact) mass is 418 g/mol. The Kier molecular flexibility index (Phi) is 4.39. The third-order valence-corrected chi connectivity index (χ3v) is 5.80. The Labute approximate surface area is 175 Å². The lowest BCUT2D eigenvalue weighted by molar-refractivity contribution is 0.387. The Hall–Kier alpha value is -3.46. The summed E-state index contributed by atoms with van der Waals surface area (Å²) in [6.07, 6.45) is 0. The van der Waals surface area contributed by atoms with E-state index in [2.05, 4.69) is 26.4 Å². The maximum atomic E-state index is 13.4. The molecule has 0 atom stereocenters. The lowest BCUT2D eigenvalue weighted by Crippen LogP contribution is -2.22. The van der Waals surface area contributed by atoms with E-state index in [1.165, 1.54) is 11.8 Å². The fourth-order valence-corrected chi connectivity index (χ4v) is 4.35. The first kappa shape index (κ1) is 18.6. The molecule has 150 valence electrons. The first-order valence-electron chi connectivity index (χ1n) is 9.41. The van der Waals surface area contributed by atoms with Gasteiger partial charge < -0.3 is 4.52 Å². The Morgan fingerprint density at radius 3 is 2.67 bits per heavy atom. The molecule has 0 amide bonds. The van der Waals surface area contributed by atoms with Crippen LogP contribution in [0.5, 0.6) is 0 Å². The first-order valence-corrected chi connectivity index (χ1v) is 10.4. The summed E-state index contributed by atoms with van der Waals surface area (Å²) < 4.78 is 8.74. The van der Waals surface area contributed by atoms with Crippen LogP contribution >= 0.6 is 11.8 Å². The van der Waals surface area contributed by atoms with E-state index in [4.69, 9.17) is 4.52 Å². The highest BCUT2D eigenvalue weighted by Crippen LogP contribution is 2.26. The van der Waals surface area contributed by atoms with Crippen molar-refractivity contribution in [1.82, 2.24) is 29.3 Å². The van der Waals surface area contributed by atoms with Crippen molar-refractivity contribution in [3.63, 3.8) is 0 Å². The van der Waals surface area contributed by atoms with Crippen molar-refractivity contribution < 1.29 is 4.52 Å². The lowest BCUT2D eigenvalue weighted by atomic mass is 10.1. The van der Waals surface area contributed by atoms with Gasteiger partial charge in [0.25, 0.3) is 5.56 Å². The van der Waals surface area contributed by atoms with Crippen LogP contribution in [0.1, 0.15) is 22.8 Å². The maximum absolute atomic E-state index is 13.4. The third kappa shape index (κ3) is 2.98. The van der Waals surface area contributed by atoms with Crippen molar-refractivity contribution in [1.29, 1.82) is 0 Å². The quantitative estimate of drug-likeness (QED) is 0.412. The van der Waals surface area contributed by atoms with E-state index < -0.39 is 0 Å². The van der Waals surface area contributed by atoms with Crippen LogP contribution in [0.2, 0.25) is 0 Å². The van der Waals surface area contributed by atoms with Gasteiger partial charge in [-0.3, -0.25) is 9.20 Å². The van der Waals surface area contributed by atoms with Crippen LogP contribution in [0.3, 0.4) is 0 Å². The number of rotatable bonds is 4. The number of hydrogen-bond acceptors (Lipinski definition) is 7. The molecule has 0 bridgehead atoms. The zero-order valence-corrected chi connectivity index (χ0v) is 17.5. The largest absolute Gasteiger partial charge is 0.338 e. The van der Waals surface area contributed by atoms with Crippen LogP contribution in [0.15, 0.2) is 56.9 Å². The van der Waals surface area contributed by atoms with Crippen LogP contribution in [0, 0.1) is 20.8 Å². The van der Waals surface area contributed by atoms with Crippen molar-refractivity contribution in [2.45, 2.75) is 31.7 Å². The smallest absolute Gasteiger partial charge is 0.267 e. The first-order chi connectivity index (χ1) is 14.5. The predicted molar refractivity (Wildman–Crippen MR) is 114 cm³/mol. The average molecular weight is 418 g/mol. The minimum Gasteiger partial charge on any atom is -0.338 e. The molecule has 5 aromatic rings. The SMILES string of the molecule is Cc1ccc(-n2c(=O)c3ccccc3n3c(SCc4nc(C)no4)nnc23)c(C)c1. The van der Waals surface area contributed by atoms with Gasteiger partial charge in [-0.25, -0.2) is 4.57 Å². The van der Waals surface area contributed by atoms with Crippen molar-refractivity contribution in [2.24, 2.45) is 0 Å². The predicted octanol–water partition coefficient (Wildman–Crippen LogP) is 3.63. The molecule has 0 fully saturated rings. The number of hydrogen-bond donors (Lipinski definition) is 0. The normalized spacial score (nSPS) is 11.6. The molecule has 0 N–H and O–H groups in total. The summed E-state index contributed by atoms with van der Waals surface area (Å²) in [5.74, 6) is 2.03. The second-order valence-corrected chi connectivity index (χ2v) is 8.03. The summed E-state index contributed by atoms with van der Waals surface area (Å²) in [6.45, 7) is 5.80. The summed E-state index contributed by atoms with van der Waals surface area (Å²) in [4.78, 5) is 17.7. The van der Waals surface area contributed by atoms with Gasteiger partial charge in [-0.05, 0) is 44.5 Å². The highest BCUT2D eigenvalue weighted by Gasteiger charge is 2.19. The molecule has 3 aromatic heterocycles. The van der Waals surface area contributed by atoms with Crippen molar-refractivity contribution >= 4 is 28.4 Å². The number of benzene rings is 2. The Morgan fingerprint density at radius 1 is 1.07 bits per heavy atom.